The SMILES string of the molecule is CCCCCCCCCCCC[N+](C)(C)CCCCCC[N+](C)(C)CCCCO.O=S(=O)([O-])Cc1ccccc1.[Br-]. The minimum atomic E-state index is -4.13. The molecule has 0 heterocycles. The first kappa shape index (κ1) is 42.6. The Morgan fingerprint density at radius 2 is 0.951 bits per heavy atom. The van der Waals surface area contributed by atoms with E-state index in [1.807, 2.05) is 0 Å². The van der Waals surface area contributed by atoms with E-state index in [1.165, 1.54) is 121 Å². The molecule has 0 aliphatic rings. The molecule has 1 aromatic rings. The van der Waals surface area contributed by atoms with E-state index in [2.05, 4.69) is 35.1 Å². The summed E-state index contributed by atoms with van der Waals surface area (Å²) in [7, 11) is 5.40. The Kier molecular flexibility index (Phi) is 27.0. The number of aliphatic hydroxyl groups is 1. The molecule has 41 heavy (non-hydrogen) atoms. The second kappa shape index (κ2) is 25.9. The van der Waals surface area contributed by atoms with Crippen molar-refractivity contribution in [3.05, 3.63) is 35.9 Å². The molecule has 0 aliphatic carbocycles. The van der Waals surface area contributed by atoms with Crippen LogP contribution in [0.15, 0.2) is 30.3 Å². The molecule has 8 heteroatoms. The molecule has 0 spiro atoms. The van der Waals surface area contributed by atoms with Crippen LogP contribution in [0.25, 0.3) is 0 Å². The van der Waals surface area contributed by atoms with E-state index in [9.17, 15) is 13.0 Å². The number of quaternary nitrogens is 2. The number of hydrogen-bond acceptors (Lipinski definition) is 4. The fourth-order valence-electron chi connectivity index (χ4n) is 5.11. The van der Waals surface area contributed by atoms with Crippen molar-refractivity contribution in [2.45, 2.75) is 115 Å². The highest BCUT2D eigenvalue weighted by Crippen LogP contribution is 2.13. The van der Waals surface area contributed by atoms with Gasteiger partial charge in [-0.2, -0.15) is 0 Å². The Morgan fingerprint density at radius 1 is 0.610 bits per heavy atom. The van der Waals surface area contributed by atoms with Gasteiger partial charge >= 0.3 is 0 Å². The first-order valence-electron chi connectivity index (χ1n) is 16.1. The molecule has 0 fully saturated rings. The molecular weight excluding hydrogens is 600 g/mol. The molecule has 0 radical (unpaired) electrons. The van der Waals surface area contributed by atoms with E-state index < -0.39 is 15.9 Å². The van der Waals surface area contributed by atoms with Crippen molar-refractivity contribution in [2.24, 2.45) is 0 Å². The predicted molar refractivity (Wildman–Crippen MR) is 170 cm³/mol. The average molecular weight is 666 g/mol. The molecule has 0 unspecified atom stereocenters. The van der Waals surface area contributed by atoms with E-state index in [0.29, 0.717) is 12.2 Å². The summed E-state index contributed by atoms with van der Waals surface area (Å²) in [4.78, 5) is 0. The second-order valence-corrected chi connectivity index (χ2v) is 14.4. The van der Waals surface area contributed by atoms with E-state index in [4.69, 9.17) is 5.11 Å². The van der Waals surface area contributed by atoms with Gasteiger partial charge in [-0.3, -0.25) is 0 Å². The van der Waals surface area contributed by atoms with Gasteiger partial charge in [0, 0.05) is 6.61 Å². The number of halogens is 1. The first-order valence-corrected chi connectivity index (χ1v) is 17.7. The second-order valence-electron chi connectivity index (χ2n) is 13.0. The van der Waals surface area contributed by atoms with Gasteiger partial charge in [-0.1, -0.05) is 88.6 Å². The maximum atomic E-state index is 10.2. The van der Waals surface area contributed by atoms with Crippen LogP contribution in [0.4, 0.5) is 0 Å². The van der Waals surface area contributed by atoms with Gasteiger partial charge in [0.2, 0.25) is 0 Å². The van der Waals surface area contributed by atoms with Crippen molar-refractivity contribution in [1.82, 2.24) is 0 Å². The quantitative estimate of drug-likeness (QED) is 0.102. The van der Waals surface area contributed by atoms with Crippen molar-refractivity contribution >= 4 is 10.1 Å². The topological polar surface area (TPSA) is 77.4 Å². The molecule has 0 amide bonds. The van der Waals surface area contributed by atoms with Crippen LogP contribution >= 0.6 is 0 Å². The molecule has 0 saturated carbocycles. The standard InChI is InChI=1S/C26H58N2O.C7H8O3S.BrH/c1-6-7-8-9-10-11-12-13-14-17-22-27(2,3)23-18-15-16-19-24-28(4,5)25-20-21-26-29;8-11(9,10)6-7-4-2-1-3-5-7;/h29H,6-26H2,1-5H3;1-5H,6H2,(H,8,9,10);1H/q+2;;/p-2. The summed E-state index contributed by atoms with van der Waals surface area (Å²) in [5.41, 5.74) is 0.530. The molecule has 1 N–H and O–H groups in total. The Balaban J connectivity index is 0. The molecule has 6 nitrogen and oxygen atoms in total. The molecule has 0 aromatic heterocycles. The summed E-state index contributed by atoms with van der Waals surface area (Å²) in [5, 5.41) is 8.93. The van der Waals surface area contributed by atoms with Gasteiger partial charge < -0.3 is 35.6 Å². The Bertz CT molecular complexity index is 805. The number of unbranched alkanes of at least 4 members (excludes halogenated alkanes) is 13. The number of benzene rings is 1. The Hall–Kier alpha value is -0.510. The lowest BCUT2D eigenvalue weighted by Gasteiger charge is -2.31. The van der Waals surface area contributed by atoms with E-state index in [-0.39, 0.29) is 17.0 Å². The molecule has 0 saturated heterocycles. The van der Waals surface area contributed by atoms with Crippen LogP contribution in [-0.2, 0) is 15.9 Å². The average Bonchev–Trinajstić information content (AvgIpc) is 2.87. The van der Waals surface area contributed by atoms with Crippen molar-refractivity contribution in [1.29, 1.82) is 0 Å². The molecule has 1 aromatic carbocycles. The third kappa shape index (κ3) is 30.7. The summed E-state index contributed by atoms with van der Waals surface area (Å²) in [5.74, 6) is -0.423. The lowest BCUT2D eigenvalue weighted by Crippen LogP contribution is -3.00. The maximum Gasteiger partial charge on any atom is 0.0988 e. The van der Waals surface area contributed by atoms with Crippen LogP contribution in [0.5, 0.6) is 0 Å². The zero-order chi connectivity index (χ0) is 30.2. The normalized spacial score (nSPS) is 12.0. The van der Waals surface area contributed by atoms with Crippen LogP contribution in [0.1, 0.15) is 115 Å². The maximum absolute atomic E-state index is 10.2. The van der Waals surface area contributed by atoms with Crippen LogP contribution in [0.2, 0.25) is 0 Å². The number of nitrogens with zero attached hydrogens (tertiary/aromatic N) is 2. The third-order valence-electron chi connectivity index (χ3n) is 7.75. The summed E-state index contributed by atoms with van der Waals surface area (Å²) >= 11 is 0. The van der Waals surface area contributed by atoms with Crippen molar-refractivity contribution in [2.75, 3.05) is 61.0 Å². The summed E-state index contributed by atoms with van der Waals surface area (Å²) in [6.45, 7) is 7.81. The van der Waals surface area contributed by atoms with Crippen LogP contribution < -0.4 is 17.0 Å². The summed E-state index contributed by atoms with van der Waals surface area (Å²) in [6, 6.07) is 8.37. The number of rotatable bonds is 24. The van der Waals surface area contributed by atoms with Gasteiger partial charge in [-0.05, 0) is 56.9 Å². The van der Waals surface area contributed by atoms with Crippen LogP contribution in [-0.4, -0.2) is 88.0 Å². The number of hydrogen-bond donors (Lipinski definition) is 1. The van der Waals surface area contributed by atoms with Gasteiger partial charge in [-0.25, -0.2) is 8.42 Å². The van der Waals surface area contributed by atoms with Crippen molar-refractivity contribution in [3.8, 4) is 0 Å². The first-order chi connectivity index (χ1) is 18.9. The largest absolute Gasteiger partial charge is 1.00 e. The predicted octanol–water partition coefficient (Wildman–Crippen LogP) is 4.13. The van der Waals surface area contributed by atoms with Crippen molar-refractivity contribution in [3.63, 3.8) is 0 Å². The molecule has 1 rings (SSSR count). The van der Waals surface area contributed by atoms with Gasteiger partial charge in [-0.15, -0.1) is 0 Å². The van der Waals surface area contributed by atoms with E-state index in [1.54, 1.807) is 30.3 Å². The fraction of sp³-hybridized carbons (Fsp3) is 0.818. The van der Waals surface area contributed by atoms with Gasteiger partial charge in [0.1, 0.15) is 0 Å². The summed E-state index contributed by atoms with van der Waals surface area (Å²) < 4.78 is 33.1. The van der Waals surface area contributed by atoms with Crippen LogP contribution in [0.3, 0.4) is 0 Å². The van der Waals surface area contributed by atoms with Crippen LogP contribution in [0, 0.1) is 0 Å². The lowest BCUT2D eigenvalue weighted by molar-refractivity contribution is -0.891. The van der Waals surface area contributed by atoms with Gasteiger partial charge in [0.15, 0.2) is 0 Å². The highest BCUT2D eigenvalue weighted by molar-refractivity contribution is 7.84. The molecule has 0 atom stereocenters. The third-order valence-corrected chi connectivity index (χ3v) is 8.44. The summed E-state index contributed by atoms with van der Waals surface area (Å²) in [6.07, 6.45) is 21.9. The molecule has 0 aliphatic heterocycles. The minimum Gasteiger partial charge on any atom is -1.00 e. The number of aliphatic hydroxyl groups excluding tert-OH is 1. The molecular formula is C33H65BrN2O4S. The zero-order valence-electron chi connectivity index (χ0n) is 27.3. The van der Waals surface area contributed by atoms with Gasteiger partial charge in [0.05, 0.1) is 70.2 Å². The lowest BCUT2D eigenvalue weighted by atomic mass is 10.1. The highest BCUT2D eigenvalue weighted by atomic mass is 79.9. The van der Waals surface area contributed by atoms with Gasteiger partial charge in [0.25, 0.3) is 0 Å². The van der Waals surface area contributed by atoms with Crippen molar-refractivity contribution < 1.29 is 44.0 Å². The zero-order valence-corrected chi connectivity index (χ0v) is 29.7. The Morgan fingerprint density at radius 3 is 1.29 bits per heavy atom. The molecule has 244 valence electrons. The smallest absolute Gasteiger partial charge is 0.0988 e. The fourth-order valence-corrected chi connectivity index (χ4v) is 5.71. The van der Waals surface area contributed by atoms with E-state index >= 15 is 0 Å². The molecule has 0 bridgehead atoms. The minimum absolute atomic E-state index is 0. The highest BCUT2D eigenvalue weighted by Gasteiger charge is 2.15. The Labute approximate surface area is 265 Å². The monoisotopic (exact) mass is 664 g/mol. The van der Waals surface area contributed by atoms with E-state index in [0.717, 1.165) is 17.3 Å².